The Balaban J connectivity index is 2.39. The predicted molar refractivity (Wildman–Crippen MR) is 108 cm³/mol. The van der Waals surface area contributed by atoms with E-state index in [0.29, 0.717) is 5.56 Å². The van der Waals surface area contributed by atoms with E-state index in [1.807, 2.05) is 48.5 Å². The van der Waals surface area contributed by atoms with Crippen LogP contribution in [-0.2, 0) is 4.43 Å². The zero-order chi connectivity index (χ0) is 18.7. The Morgan fingerprint density at radius 1 is 0.920 bits per heavy atom. The minimum atomic E-state index is -2.08. The van der Waals surface area contributed by atoms with E-state index in [1.165, 1.54) is 0 Å². The van der Waals surface area contributed by atoms with Gasteiger partial charge in [-0.2, -0.15) is 0 Å². The van der Waals surface area contributed by atoms with Crippen molar-refractivity contribution in [2.24, 2.45) is 0 Å². The molecule has 0 fully saturated rings. The third-order valence-corrected chi connectivity index (χ3v) is 9.78. The fourth-order valence-electron chi connectivity index (χ4n) is 2.57. The minimum absolute atomic E-state index is 0.00281. The van der Waals surface area contributed by atoms with Gasteiger partial charge in [-0.15, -0.1) is 0 Å². The molecule has 2 aromatic carbocycles. The summed E-state index contributed by atoms with van der Waals surface area (Å²) in [6.07, 6.45) is -0.467. The van der Waals surface area contributed by atoms with Gasteiger partial charge in [0.25, 0.3) is 0 Å². The largest absolute Gasteiger partial charge is 0.406 e. The molecular weight excluding hydrogens is 324 g/mol. The number of Topliss-reactive ketones (excluding diaryl/α,β-unsaturated/α-hetero) is 1. The molecule has 0 N–H and O–H groups in total. The van der Waals surface area contributed by atoms with Crippen LogP contribution in [0.1, 0.15) is 49.5 Å². The summed E-state index contributed by atoms with van der Waals surface area (Å²) in [5, 5.41) is 0.0542. The Labute approximate surface area is 153 Å². The minimum Gasteiger partial charge on any atom is -0.406 e. The molecule has 2 atom stereocenters. The average Bonchev–Trinajstić information content (AvgIpc) is 2.59. The van der Waals surface area contributed by atoms with Crippen LogP contribution in [0.4, 0.5) is 0 Å². The molecular formula is C22H30O2Si. The van der Waals surface area contributed by atoms with Crippen molar-refractivity contribution < 1.29 is 9.22 Å². The Hall–Kier alpha value is -1.71. The van der Waals surface area contributed by atoms with Crippen LogP contribution < -0.4 is 0 Å². The van der Waals surface area contributed by atoms with Gasteiger partial charge in [-0.3, -0.25) is 4.79 Å². The quantitative estimate of drug-likeness (QED) is 0.465. The number of hydrogen-bond acceptors (Lipinski definition) is 2. The zero-order valence-corrected chi connectivity index (χ0v) is 17.2. The molecule has 134 valence electrons. The van der Waals surface area contributed by atoms with Gasteiger partial charge < -0.3 is 4.43 Å². The van der Waals surface area contributed by atoms with Crippen LogP contribution in [0.5, 0.6) is 0 Å². The van der Waals surface area contributed by atoms with Gasteiger partial charge in [-0.1, -0.05) is 88.4 Å². The average molecular weight is 355 g/mol. The second-order valence-corrected chi connectivity index (χ2v) is 13.0. The Bertz CT molecular complexity index is 687. The van der Waals surface area contributed by atoms with Gasteiger partial charge in [0, 0.05) is 11.5 Å². The van der Waals surface area contributed by atoms with E-state index < -0.39 is 14.4 Å². The Morgan fingerprint density at radius 3 is 1.88 bits per heavy atom. The number of hydrogen-bond donors (Lipinski definition) is 0. The second kappa shape index (κ2) is 7.67. The molecule has 0 bridgehead atoms. The third kappa shape index (κ3) is 4.68. The molecule has 2 aromatic rings. The van der Waals surface area contributed by atoms with Crippen LogP contribution in [0, 0.1) is 0 Å². The van der Waals surface area contributed by atoms with Gasteiger partial charge in [0.05, 0.1) is 0 Å². The summed E-state index contributed by atoms with van der Waals surface area (Å²) in [7, 11) is -2.08. The maximum absolute atomic E-state index is 13.3. The van der Waals surface area contributed by atoms with E-state index in [-0.39, 0.29) is 16.7 Å². The van der Waals surface area contributed by atoms with E-state index in [0.717, 1.165) is 5.56 Å². The highest BCUT2D eigenvalue weighted by Gasteiger charge is 2.42. The van der Waals surface area contributed by atoms with Crippen molar-refractivity contribution in [3.63, 3.8) is 0 Å². The lowest BCUT2D eigenvalue weighted by Crippen LogP contribution is -2.47. The second-order valence-electron chi connectivity index (χ2n) is 8.23. The molecule has 0 aliphatic rings. The number of carbonyl (C=O) groups is 1. The lowest BCUT2D eigenvalue weighted by atomic mass is 9.90. The Kier molecular flexibility index (Phi) is 6.02. The zero-order valence-electron chi connectivity index (χ0n) is 16.2. The summed E-state index contributed by atoms with van der Waals surface area (Å²) in [4.78, 5) is 13.3. The normalized spacial score (nSPS) is 14.8. The van der Waals surface area contributed by atoms with Crippen LogP contribution in [0.15, 0.2) is 60.7 Å². The highest BCUT2D eigenvalue weighted by molar-refractivity contribution is 6.74. The molecule has 1 unspecified atom stereocenters. The third-order valence-electron chi connectivity index (χ3n) is 5.32. The fourth-order valence-corrected chi connectivity index (χ4v) is 3.87. The van der Waals surface area contributed by atoms with E-state index in [4.69, 9.17) is 4.43 Å². The molecule has 0 saturated carbocycles. The number of ketones is 1. The summed E-state index contributed by atoms with van der Waals surface area (Å²) >= 11 is 0. The highest BCUT2D eigenvalue weighted by Crippen LogP contribution is 2.39. The molecule has 0 radical (unpaired) electrons. The molecule has 0 saturated heterocycles. The van der Waals surface area contributed by atoms with Crippen LogP contribution in [0.25, 0.3) is 0 Å². The first-order chi connectivity index (χ1) is 11.6. The molecule has 0 aliphatic carbocycles. The summed E-state index contributed by atoms with van der Waals surface area (Å²) in [5.74, 6) is 0.0739. The van der Waals surface area contributed by atoms with Crippen LogP contribution in [0.2, 0.25) is 18.1 Å². The van der Waals surface area contributed by atoms with Crippen LogP contribution >= 0.6 is 0 Å². The summed E-state index contributed by atoms with van der Waals surface area (Å²) in [6.45, 7) is 13.1. The molecule has 0 aromatic heterocycles. The van der Waals surface area contributed by atoms with Crippen LogP contribution in [0.3, 0.4) is 0 Å². The number of benzene rings is 2. The van der Waals surface area contributed by atoms with E-state index in [9.17, 15) is 4.79 Å². The first-order valence-electron chi connectivity index (χ1n) is 8.95. The van der Waals surface area contributed by atoms with Gasteiger partial charge in [0.15, 0.2) is 14.1 Å². The van der Waals surface area contributed by atoms with E-state index in [2.05, 4.69) is 52.9 Å². The van der Waals surface area contributed by atoms with Crippen LogP contribution in [-0.4, -0.2) is 20.2 Å². The molecule has 2 nitrogen and oxygen atoms in total. The summed E-state index contributed by atoms with van der Waals surface area (Å²) in [5.41, 5.74) is 1.85. The molecule has 0 spiro atoms. The Morgan fingerprint density at radius 2 is 1.40 bits per heavy atom. The van der Waals surface area contributed by atoms with Gasteiger partial charge in [0.1, 0.15) is 6.10 Å². The van der Waals surface area contributed by atoms with Gasteiger partial charge in [-0.05, 0) is 23.7 Å². The van der Waals surface area contributed by atoms with Gasteiger partial charge in [-0.25, -0.2) is 0 Å². The number of carbonyl (C=O) groups excluding carboxylic acids is 1. The van der Waals surface area contributed by atoms with Crippen molar-refractivity contribution in [3.8, 4) is 0 Å². The van der Waals surface area contributed by atoms with E-state index >= 15 is 0 Å². The topological polar surface area (TPSA) is 26.3 Å². The molecule has 0 aliphatic heterocycles. The molecule has 25 heavy (non-hydrogen) atoms. The summed E-state index contributed by atoms with van der Waals surface area (Å²) < 4.78 is 6.62. The standard InChI is InChI=1S/C22H30O2Si/c1-17(18-13-9-7-10-14-18)21(24-25(5,6)22(2,3)4)20(23)19-15-11-8-12-16-19/h7-17,21H,1-6H3/t17-,21?/m0/s1. The molecule has 0 heterocycles. The van der Waals surface area contributed by atoms with Gasteiger partial charge in [0.2, 0.25) is 0 Å². The van der Waals surface area contributed by atoms with Crippen molar-refractivity contribution in [3.05, 3.63) is 71.8 Å². The lowest BCUT2D eigenvalue weighted by Gasteiger charge is -2.40. The lowest BCUT2D eigenvalue weighted by molar-refractivity contribution is 0.0725. The van der Waals surface area contributed by atoms with E-state index in [1.54, 1.807) is 0 Å². The maximum Gasteiger partial charge on any atom is 0.193 e. The van der Waals surface area contributed by atoms with Crippen molar-refractivity contribution >= 4 is 14.1 Å². The van der Waals surface area contributed by atoms with Crippen molar-refractivity contribution in [1.29, 1.82) is 0 Å². The highest BCUT2D eigenvalue weighted by atomic mass is 28.4. The molecule has 0 amide bonds. The van der Waals surface area contributed by atoms with Crippen molar-refractivity contribution in [2.75, 3.05) is 0 Å². The van der Waals surface area contributed by atoms with Gasteiger partial charge >= 0.3 is 0 Å². The molecule has 2 rings (SSSR count). The van der Waals surface area contributed by atoms with Crippen molar-refractivity contribution in [1.82, 2.24) is 0 Å². The fraction of sp³-hybridized carbons (Fsp3) is 0.409. The number of rotatable bonds is 6. The SMILES string of the molecule is C[C@@H](c1ccccc1)C(O[Si](C)(C)C(C)(C)C)C(=O)c1ccccc1. The maximum atomic E-state index is 13.3. The molecule has 3 heteroatoms. The van der Waals surface area contributed by atoms with Crippen molar-refractivity contribution in [2.45, 2.75) is 57.8 Å². The first kappa shape index (κ1) is 19.6. The predicted octanol–water partition coefficient (Wildman–Crippen LogP) is 6.06. The summed E-state index contributed by atoms with van der Waals surface area (Å²) in [6, 6.07) is 19.7. The smallest absolute Gasteiger partial charge is 0.193 e. The monoisotopic (exact) mass is 354 g/mol. The first-order valence-corrected chi connectivity index (χ1v) is 11.9.